The van der Waals surface area contributed by atoms with Gasteiger partial charge in [0.1, 0.15) is 84.6 Å². The quantitative estimate of drug-likeness (QED) is 0.0346. The standard InChI is InChI=1S/C63H82N8O19/c1-34-14-12-21-39(26-34)42-31-71(68-66-42)48-50(75)46(32-72)87-61(52(48)77)83-25-22-64-58(80)40-28-43(70-30-41(65-67-70)37-17-8-4-9-18-37)55(90-62-54(79)53(78)49(74)35(2)84-62)44(29-40)86-63-57(89-60(82)38-19-10-5-11-20-38)56(51(76)47(33-73)88-63)85-45(59(81)69-23-13-24-69)27-36-15-6-3-7-16-36/h4-5,8-12,14,17-21,26,30-31,35-36,40,43-57,61-63,72-79H,3,6-7,13,15-16,22-25,27-29,32-33H2,1-2H3,(H,64,80)/t35?,40?,43?,44-,45+,46?,47+,48?,49-,50-,51+,52?,53+,54?,55-,56?,57?,61+,62+,63-/m1/s1. The molecule has 20 atom stereocenters. The van der Waals surface area contributed by atoms with Gasteiger partial charge < -0.3 is 89.0 Å². The molecule has 27 heteroatoms. The largest absolute Gasteiger partial charge is 0.450 e. The number of aliphatic hydroxyl groups is 8. The van der Waals surface area contributed by atoms with Crippen molar-refractivity contribution in [3.63, 3.8) is 0 Å². The molecule has 3 aromatic carbocycles. The number of esters is 1. The first-order valence-corrected chi connectivity index (χ1v) is 31.2. The Bertz CT molecular complexity index is 3140. The Morgan fingerprint density at radius 2 is 1.33 bits per heavy atom. The Balaban J connectivity index is 0.905. The summed E-state index contributed by atoms with van der Waals surface area (Å²) in [6.45, 7) is 2.56. The number of aryl methyl sites for hydroxylation is 1. The van der Waals surface area contributed by atoms with Crippen LogP contribution in [0.15, 0.2) is 97.3 Å². The van der Waals surface area contributed by atoms with E-state index in [2.05, 4.69) is 25.9 Å². The highest BCUT2D eigenvalue weighted by Gasteiger charge is 2.55. The van der Waals surface area contributed by atoms with Gasteiger partial charge in [-0.2, -0.15) is 0 Å². The minimum Gasteiger partial charge on any atom is -0.450 e. The summed E-state index contributed by atoms with van der Waals surface area (Å²) in [6, 6.07) is 22.5. The highest BCUT2D eigenvalue weighted by Crippen LogP contribution is 2.42. The Morgan fingerprint density at radius 1 is 0.667 bits per heavy atom. The number of nitrogens with one attached hydrogen (secondary N) is 1. The van der Waals surface area contributed by atoms with E-state index in [0.29, 0.717) is 36.5 Å². The van der Waals surface area contributed by atoms with Gasteiger partial charge in [-0.3, -0.25) is 9.59 Å². The third-order valence-electron chi connectivity index (χ3n) is 18.2. The van der Waals surface area contributed by atoms with Crippen molar-refractivity contribution in [2.24, 2.45) is 11.8 Å². The van der Waals surface area contributed by atoms with Crippen molar-refractivity contribution in [1.82, 2.24) is 40.2 Å². The molecule has 4 aliphatic heterocycles. The van der Waals surface area contributed by atoms with Crippen LogP contribution in [-0.4, -0.2) is 237 Å². The molecule has 27 nitrogen and oxygen atoms in total. The van der Waals surface area contributed by atoms with Gasteiger partial charge in [-0.05, 0) is 63.6 Å². The van der Waals surface area contributed by atoms with Crippen LogP contribution in [0.25, 0.3) is 22.5 Å². The lowest BCUT2D eigenvalue weighted by Crippen LogP contribution is -2.64. The molecule has 9 N–H and O–H groups in total. The molecule has 0 bridgehead atoms. The molecule has 90 heavy (non-hydrogen) atoms. The maximum absolute atomic E-state index is 14.9. The first-order valence-electron chi connectivity index (χ1n) is 31.2. The zero-order valence-corrected chi connectivity index (χ0v) is 50.2. The summed E-state index contributed by atoms with van der Waals surface area (Å²) in [5, 5.41) is 110. The number of rotatable bonds is 22. The lowest BCUT2D eigenvalue weighted by Gasteiger charge is -2.49. The van der Waals surface area contributed by atoms with Gasteiger partial charge >= 0.3 is 5.97 Å². The summed E-state index contributed by atoms with van der Waals surface area (Å²) in [6.07, 6.45) is -16.7. The van der Waals surface area contributed by atoms with Gasteiger partial charge in [0.2, 0.25) is 5.91 Å². The molecule has 9 unspecified atom stereocenters. The molecule has 2 saturated carbocycles. The first kappa shape index (κ1) is 65.2. The van der Waals surface area contributed by atoms with Gasteiger partial charge in [0.15, 0.2) is 25.0 Å². The number of likely N-dealkylation sites (tertiary alicyclic amines) is 1. The van der Waals surface area contributed by atoms with Crippen molar-refractivity contribution < 1.29 is 93.1 Å². The van der Waals surface area contributed by atoms with Gasteiger partial charge in [-0.25, -0.2) is 14.2 Å². The number of aliphatic hydroxyl groups excluding tert-OH is 8. The van der Waals surface area contributed by atoms with Crippen LogP contribution >= 0.6 is 0 Å². The summed E-state index contributed by atoms with van der Waals surface area (Å²) < 4.78 is 54.0. The molecule has 0 spiro atoms. The zero-order chi connectivity index (χ0) is 63.2. The van der Waals surface area contributed by atoms with Crippen LogP contribution in [0.1, 0.15) is 92.7 Å². The van der Waals surface area contributed by atoms with E-state index in [1.54, 1.807) is 35.5 Å². The van der Waals surface area contributed by atoms with Crippen LogP contribution in [0.4, 0.5) is 0 Å². The molecule has 2 aliphatic carbocycles. The maximum atomic E-state index is 14.9. The number of hydrogen-bond acceptors (Lipinski definition) is 23. The summed E-state index contributed by atoms with van der Waals surface area (Å²) >= 11 is 0. The van der Waals surface area contributed by atoms with Gasteiger partial charge in [0, 0.05) is 36.7 Å². The predicted molar refractivity (Wildman–Crippen MR) is 314 cm³/mol. The first-order chi connectivity index (χ1) is 43.6. The van der Waals surface area contributed by atoms with Crippen molar-refractivity contribution in [3.05, 3.63) is 108 Å². The SMILES string of the molecule is Cc1cccc(-c2cn(C3C(O)[C@@H](OCCNC(=O)C4CC(n5cc(-c6ccccc6)nn5)[C@@H](O[C@@H]5OC(C)[C@@H](O)[C@H](O)C5O)[C@H](O[C@@H]5O[C@@H](CO)[C@H](O)C(O[C@@H](CC6CCCCC6)C(=O)N6CCC6)C5OC(=O)c5ccccc5)C4)OC(CO)[C@H]3O)nn2)c1. The molecule has 2 aromatic heterocycles. The van der Waals surface area contributed by atoms with Crippen LogP contribution in [0.5, 0.6) is 0 Å². The molecule has 488 valence electrons. The Labute approximate surface area is 519 Å². The van der Waals surface area contributed by atoms with E-state index in [0.717, 1.165) is 49.7 Å². The average molecular weight is 1260 g/mol. The van der Waals surface area contributed by atoms with E-state index >= 15 is 0 Å². The van der Waals surface area contributed by atoms with Crippen molar-refractivity contribution in [3.8, 4) is 22.5 Å². The highest BCUT2D eigenvalue weighted by molar-refractivity contribution is 5.89. The summed E-state index contributed by atoms with van der Waals surface area (Å²) in [5.41, 5.74) is 3.44. The molecule has 11 rings (SSSR count). The molecular weight excluding hydrogens is 1170 g/mol. The molecule has 6 fully saturated rings. The van der Waals surface area contributed by atoms with Crippen LogP contribution in [0, 0.1) is 18.8 Å². The maximum Gasteiger partial charge on any atom is 0.338 e. The lowest BCUT2D eigenvalue weighted by atomic mass is 9.80. The lowest BCUT2D eigenvalue weighted by molar-refractivity contribution is -0.348. The van der Waals surface area contributed by atoms with Crippen LogP contribution in [0.2, 0.25) is 0 Å². The molecule has 4 saturated heterocycles. The van der Waals surface area contributed by atoms with Gasteiger partial charge in [0.05, 0.1) is 56.0 Å². The number of carbonyl (C=O) groups is 3. The Morgan fingerprint density at radius 3 is 2.03 bits per heavy atom. The molecular formula is C63H82N8O19. The van der Waals surface area contributed by atoms with Gasteiger partial charge in [-0.15, -0.1) is 10.2 Å². The minimum atomic E-state index is -1.83. The third-order valence-corrected chi connectivity index (χ3v) is 18.2. The third kappa shape index (κ3) is 14.7. The number of nitrogens with zero attached hydrogens (tertiary/aromatic N) is 7. The number of benzene rings is 3. The summed E-state index contributed by atoms with van der Waals surface area (Å²) in [4.78, 5) is 45.4. The van der Waals surface area contributed by atoms with E-state index in [1.807, 2.05) is 61.5 Å². The molecule has 0 radical (unpaired) electrons. The molecule has 2 amide bonds. The van der Waals surface area contributed by atoms with Gasteiger partial charge in [-0.1, -0.05) is 115 Å². The Kier molecular flexibility index (Phi) is 21.4. The van der Waals surface area contributed by atoms with Crippen molar-refractivity contribution >= 4 is 17.8 Å². The smallest absolute Gasteiger partial charge is 0.338 e. The second kappa shape index (κ2) is 29.6. The van der Waals surface area contributed by atoms with Crippen LogP contribution < -0.4 is 5.32 Å². The van der Waals surface area contributed by atoms with Crippen LogP contribution in [0.3, 0.4) is 0 Å². The van der Waals surface area contributed by atoms with Crippen LogP contribution in [-0.2, 0) is 47.5 Å². The predicted octanol–water partition coefficient (Wildman–Crippen LogP) is 1.13. The van der Waals surface area contributed by atoms with Gasteiger partial charge in [0.25, 0.3) is 5.91 Å². The fourth-order valence-corrected chi connectivity index (χ4v) is 13.0. The zero-order valence-electron chi connectivity index (χ0n) is 50.2. The van der Waals surface area contributed by atoms with E-state index < -0.39 is 147 Å². The number of carbonyl (C=O) groups excluding carboxylic acids is 3. The number of amides is 2. The second-order valence-electron chi connectivity index (χ2n) is 24.4. The fourth-order valence-electron chi connectivity index (χ4n) is 13.0. The van der Waals surface area contributed by atoms with E-state index in [9.17, 15) is 55.2 Å². The van der Waals surface area contributed by atoms with Crippen molar-refractivity contribution in [2.75, 3.05) is 39.5 Å². The number of hydrogen-bond donors (Lipinski definition) is 9. The summed E-state index contributed by atoms with van der Waals surface area (Å²) in [5.74, 6) is -2.63. The van der Waals surface area contributed by atoms with E-state index in [1.165, 1.54) is 28.4 Å². The Hall–Kier alpha value is -6.25. The summed E-state index contributed by atoms with van der Waals surface area (Å²) in [7, 11) is 0. The number of ether oxygens (including phenoxy) is 8. The highest BCUT2D eigenvalue weighted by atomic mass is 16.7. The normalized spacial score (nSPS) is 33.6. The van der Waals surface area contributed by atoms with E-state index in [4.69, 9.17) is 37.9 Å². The topological polar surface area (TPSA) is 364 Å². The fraction of sp³-hybridized carbons (Fsp3) is 0.603. The average Bonchev–Trinajstić information content (AvgIpc) is 1.10. The monoisotopic (exact) mass is 1250 g/mol. The number of aromatic nitrogens is 6. The molecule has 6 aliphatic rings. The van der Waals surface area contributed by atoms with E-state index in [-0.39, 0.29) is 43.4 Å². The second-order valence-corrected chi connectivity index (χ2v) is 24.4. The van der Waals surface area contributed by atoms with Crippen molar-refractivity contribution in [1.29, 1.82) is 0 Å². The minimum absolute atomic E-state index is 0.0634. The van der Waals surface area contributed by atoms with Crippen molar-refractivity contribution in [2.45, 2.75) is 188 Å². The molecule has 6 heterocycles. The molecule has 5 aromatic rings.